The summed E-state index contributed by atoms with van der Waals surface area (Å²) < 4.78 is 6.95. The quantitative estimate of drug-likeness (QED) is 0.595. The summed E-state index contributed by atoms with van der Waals surface area (Å²) >= 11 is 0. The van der Waals surface area contributed by atoms with Crippen LogP contribution >= 0.6 is 0 Å². The number of oxazole rings is 1. The molecule has 0 saturated carbocycles. The van der Waals surface area contributed by atoms with Gasteiger partial charge < -0.3 is 9.73 Å². The molecule has 1 amide bonds. The minimum Gasteiger partial charge on any atom is -0.444 e. The number of nitrogens with one attached hydrogen (secondary N) is 1. The number of hydrogen-bond donors (Lipinski definition) is 1. The Morgan fingerprint density at radius 2 is 2.08 bits per heavy atom. The first-order valence-corrected chi connectivity index (χ1v) is 7.89. The molecule has 0 fully saturated rings. The molecule has 1 aromatic carbocycles. The van der Waals surface area contributed by atoms with Gasteiger partial charge in [-0.3, -0.25) is 4.79 Å². The van der Waals surface area contributed by atoms with Gasteiger partial charge >= 0.3 is 0 Å². The maximum absolute atomic E-state index is 12.4. The molecule has 0 aliphatic heterocycles. The second-order valence-corrected chi connectivity index (χ2v) is 5.44. The van der Waals surface area contributed by atoms with Crippen LogP contribution in [-0.4, -0.2) is 30.6 Å². The Morgan fingerprint density at radius 3 is 2.88 bits per heavy atom. The van der Waals surface area contributed by atoms with Crippen LogP contribution in [0.5, 0.6) is 0 Å². The molecule has 3 heterocycles. The number of carbonyl (C=O) groups excluding carboxylic acids is 1. The van der Waals surface area contributed by atoms with Crippen molar-refractivity contribution < 1.29 is 9.21 Å². The molecule has 0 unspecified atom stereocenters. The zero-order valence-corrected chi connectivity index (χ0v) is 13.6. The summed E-state index contributed by atoms with van der Waals surface area (Å²) in [4.78, 5) is 24.8. The minimum atomic E-state index is -0.238. The van der Waals surface area contributed by atoms with Crippen LogP contribution in [0.4, 0.5) is 0 Å². The van der Waals surface area contributed by atoms with Crippen LogP contribution in [0.15, 0.2) is 72.0 Å². The van der Waals surface area contributed by atoms with Crippen molar-refractivity contribution in [1.29, 1.82) is 0 Å². The van der Waals surface area contributed by atoms with Crippen LogP contribution in [0.25, 0.3) is 17.3 Å². The van der Waals surface area contributed by atoms with E-state index in [-0.39, 0.29) is 12.5 Å². The van der Waals surface area contributed by atoms with Gasteiger partial charge in [-0.25, -0.2) is 19.6 Å². The SMILES string of the molecule is O=C(NCc1coc(-c2ccccc2)n1)c1ccnc(-n2cncn2)c1. The fourth-order valence-electron chi connectivity index (χ4n) is 2.39. The molecule has 4 aromatic rings. The van der Waals surface area contributed by atoms with Crippen LogP contribution < -0.4 is 5.32 Å². The van der Waals surface area contributed by atoms with Gasteiger partial charge in [0.15, 0.2) is 5.82 Å². The van der Waals surface area contributed by atoms with Crippen molar-refractivity contribution in [3.63, 3.8) is 0 Å². The number of rotatable bonds is 5. The Labute approximate surface area is 148 Å². The van der Waals surface area contributed by atoms with E-state index in [4.69, 9.17) is 4.42 Å². The van der Waals surface area contributed by atoms with E-state index in [0.717, 1.165) is 5.56 Å². The smallest absolute Gasteiger partial charge is 0.251 e. The summed E-state index contributed by atoms with van der Waals surface area (Å²) in [6, 6.07) is 12.9. The maximum atomic E-state index is 12.4. The molecule has 26 heavy (non-hydrogen) atoms. The van der Waals surface area contributed by atoms with E-state index in [9.17, 15) is 4.79 Å². The van der Waals surface area contributed by atoms with Gasteiger partial charge in [0.05, 0.1) is 12.2 Å². The topological polar surface area (TPSA) is 98.7 Å². The van der Waals surface area contributed by atoms with Gasteiger partial charge in [0.2, 0.25) is 5.89 Å². The Morgan fingerprint density at radius 1 is 1.19 bits per heavy atom. The molecule has 0 saturated heterocycles. The summed E-state index contributed by atoms with van der Waals surface area (Å²) in [5, 5.41) is 6.82. The first-order valence-electron chi connectivity index (χ1n) is 7.89. The van der Waals surface area contributed by atoms with Gasteiger partial charge in [-0.2, -0.15) is 5.10 Å². The van der Waals surface area contributed by atoms with E-state index in [1.165, 1.54) is 23.6 Å². The number of amides is 1. The first kappa shape index (κ1) is 15.7. The average molecular weight is 346 g/mol. The zero-order chi connectivity index (χ0) is 17.8. The second-order valence-electron chi connectivity index (χ2n) is 5.44. The van der Waals surface area contributed by atoms with Gasteiger partial charge in [0.25, 0.3) is 5.91 Å². The number of carbonyl (C=O) groups is 1. The summed E-state index contributed by atoms with van der Waals surface area (Å²) in [6.45, 7) is 0.260. The van der Waals surface area contributed by atoms with Gasteiger partial charge in [-0.05, 0) is 24.3 Å². The molecule has 8 nitrogen and oxygen atoms in total. The maximum Gasteiger partial charge on any atom is 0.251 e. The van der Waals surface area contributed by atoms with Crippen molar-refractivity contribution in [3.8, 4) is 17.3 Å². The van der Waals surface area contributed by atoms with Crippen molar-refractivity contribution in [2.45, 2.75) is 6.54 Å². The molecular formula is C18H14N6O2. The Kier molecular flexibility index (Phi) is 4.21. The highest BCUT2D eigenvalue weighted by atomic mass is 16.3. The van der Waals surface area contributed by atoms with E-state index in [1.54, 1.807) is 18.3 Å². The van der Waals surface area contributed by atoms with Crippen molar-refractivity contribution in [1.82, 2.24) is 30.0 Å². The highest BCUT2D eigenvalue weighted by Crippen LogP contribution is 2.17. The predicted molar refractivity (Wildman–Crippen MR) is 92.3 cm³/mol. The Bertz CT molecular complexity index is 1010. The molecule has 1 N–H and O–H groups in total. The predicted octanol–water partition coefficient (Wildman–Crippen LogP) is 2.25. The molecule has 0 aliphatic rings. The fraction of sp³-hybridized carbons (Fsp3) is 0.0556. The molecule has 0 aliphatic carbocycles. The van der Waals surface area contributed by atoms with E-state index in [2.05, 4.69) is 25.4 Å². The minimum absolute atomic E-state index is 0.238. The standard InChI is InChI=1S/C18H14N6O2/c25-17(14-6-7-20-16(8-14)24-12-19-11-22-24)21-9-15-10-26-18(23-15)13-4-2-1-3-5-13/h1-8,10-12H,9H2,(H,21,25). The molecular weight excluding hydrogens is 332 g/mol. The van der Waals surface area contributed by atoms with E-state index in [1.807, 2.05) is 30.3 Å². The van der Waals surface area contributed by atoms with E-state index < -0.39 is 0 Å². The van der Waals surface area contributed by atoms with Crippen molar-refractivity contribution in [2.75, 3.05) is 0 Å². The number of pyridine rings is 1. The molecule has 128 valence electrons. The molecule has 0 atom stereocenters. The lowest BCUT2D eigenvalue weighted by Crippen LogP contribution is -2.23. The lowest BCUT2D eigenvalue weighted by molar-refractivity contribution is 0.0950. The monoisotopic (exact) mass is 346 g/mol. The van der Waals surface area contributed by atoms with Crippen LogP contribution in [0.3, 0.4) is 0 Å². The number of benzene rings is 1. The van der Waals surface area contributed by atoms with Gasteiger partial charge in [0.1, 0.15) is 18.9 Å². The zero-order valence-electron chi connectivity index (χ0n) is 13.6. The van der Waals surface area contributed by atoms with Crippen LogP contribution in [0.1, 0.15) is 16.1 Å². The lowest BCUT2D eigenvalue weighted by Gasteiger charge is -2.05. The number of aromatic nitrogens is 5. The molecule has 3 aromatic heterocycles. The van der Waals surface area contributed by atoms with Crippen molar-refractivity contribution >= 4 is 5.91 Å². The van der Waals surface area contributed by atoms with Crippen LogP contribution in [-0.2, 0) is 6.54 Å². The van der Waals surface area contributed by atoms with Gasteiger partial charge in [-0.1, -0.05) is 18.2 Å². The summed E-state index contributed by atoms with van der Waals surface area (Å²) in [5.41, 5.74) is 2.00. The third kappa shape index (κ3) is 3.34. The summed E-state index contributed by atoms with van der Waals surface area (Å²) in [5.74, 6) is 0.799. The molecule has 0 bridgehead atoms. The summed E-state index contributed by atoms with van der Waals surface area (Å²) in [7, 11) is 0. The Balaban J connectivity index is 1.43. The van der Waals surface area contributed by atoms with E-state index in [0.29, 0.717) is 23.0 Å². The fourth-order valence-corrected chi connectivity index (χ4v) is 2.39. The highest BCUT2D eigenvalue weighted by molar-refractivity contribution is 5.94. The molecule has 0 spiro atoms. The third-order valence-corrected chi connectivity index (χ3v) is 3.66. The molecule has 0 radical (unpaired) electrons. The van der Waals surface area contributed by atoms with Gasteiger partial charge in [0, 0.05) is 17.3 Å². The Hall–Kier alpha value is -3.81. The molecule has 4 rings (SSSR count). The summed E-state index contributed by atoms with van der Waals surface area (Å²) in [6.07, 6.45) is 6.01. The number of nitrogens with zero attached hydrogens (tertiary/aromatic N) is 5. The van der Waals surface area contributed by atoms with Gasteiger partial charge in [-0.15, -0.1) is 0 Å². The second kappa shape index (κ2) is 6.98. The van der Waals surface area contributed by atoms with Crippen LogP contribution in [0.2, 0.25) is 0 Å². The number of hydrogen-bond acceptors (Lipinski definition) is 6. The van der Waals surface area contributed by atoms with E-state index >= 15 is 0 Å². The molecule has 8 heteroatoms. The largest absolute Gasteiger partial charge is 0.444 e. The van der Waals surface area contributed by atoms with Crippen molar-refractivity contribution in [2.24, 2.45) is 0 Å². The van der Waals surface area contributed by atoms with Crippen molar-refractivity contribution in [3.05, 3.63) is 78.8 Å². The lowest BCUT2D eigenvalue weighted by atomic mass is 10.2. The first-order chi connectivity index (χ1) is 12.8. The highest BCUT2D eigenvalue weighted by Gasteiger charge is 2.10. The van der Waals surface area contributed by atoms with Crippen LogP contribution in [0, 0.1) is 0 Å². The average Bonchev–Trinajstić information content (AvgIpc) is 3.39. The normalized spacial score (nSPS) is 10.6. The third-order valence-electron chi connectivity index (χ3n) is 3.66.